The second-order valence-electron chi connectivity index (χ2n) is 3.63. The molecule has 0 bridgehead atoms. The number of pyridine rings is 1. The average molecular weight is 378 g/mol. The molecular weight excluding hydrogens is 370 g/mol. The van der Waals surface area contributed by atoms with Gasteiger partial charge in [-0.15, -0.1) is 11.3 Å². The van der Waals surface area contributed by atoms with Crippen LogP contribution in [0.1, 0.15) is 4.88 Å². The third-order valence-corrected chi connectivity index (χ3v) is 5.64. The number of halogens is 1. The fraction of sp³-hybridized carbons (Fsp3) is 0.100. The molecule has 20 heavy (non-hydrogen) atoms. The van der Waals surface area contributed by atoms with E-state index in [4.69, 9.17) is 0 Å². The molecule has 2 aromatic heterocycles. The molecule has 0 atom stereocenters. The van der Waals surface area contributed by atoms with Crippen LogP contribution < -0.4 is 4.72 Å². The van der Waals surface area contributed by atoms with Gasteiger partial charge in [-0.1, -0.05) is 0 Å². The monoisotopic (exact) mass is 377 g/mol. The molecule has 0 aromatic carbocycles. The first kappa shape index (κ1) is 15.0. The summed E-state index contributed by atoms with van der Waals surface area (Å²) in [7, 11) is -3.74. The highest BCUT2D eigenvalue weighted by atomic mass is 79.9. The smallest absolute Gasteiger partial charge is 0.358 e. The number of thiophene rings is 1. The van der Waals surface area contributed by atoms with Crippen molar-refractivity contribution in [2.75, 3.05) is 0 Å². The molecule has 0 aliphatic rings. The minimum atomic E-state index is -3.74. The van der Waals surface area contributed by atoms with E-state index in [-0.39, 0.29) is 11.4 Å². The average Bonchev–Trinajstić information content (AvgIpc) is 2.82. The van der Waals surface area contributed by atoms with Gasteiger partial charge < -0.3 is 10.1 Å². The molecule has 7 nitrogen and oxygen atoms in total. The first-order chi connectivity index (χ1) is 9.40. The van der Waals surface area contributed by atoms with Crippen LogP contribution in [0.4, 0.5) is 5.82 Å². The molecule has 2 aromatic rings. The fourth-order valence-electron chi connectivity index (χ4n) is 1.33. The Morgan fingerprint density at radius 2 is 2.15 bits per heavy atom. The molecule has 0 fully saturated rings. The van der Waals surface area contributed by atoms with E-state index in [1.807, 2.05) is 11.4 Å². The zero-order chi connectivity index (χ0) is 14.8. The third-order valence-electron chi connectivity index (χ3n) is 2.33. The van der Waals surface area contributed by atoms with Crippen molar-refractivity contribution in [2.45, 2.75) is 11.4 Å². The molecule has 0 saturated carbocycles. The van der Waals surface area contributed by atoms with Crippen LogP contribution in [0.2, 0.25) is 0 Å². The summed E-state index contributed by atoms with van der Waals surface area (Å²) < 4.78 is 27.2. The van der Waals surface area contributed by atoms with Crippen molar-refractivity contribution in [1.82, 2.24) is 9.71 Å². The van der Waals surface area contributed by atoms with Crippen LogP contribution in [-0.2, 0) is 16.6 Å². The molecule has 0 saturated heterocycles. The van der Waals surface area contributed by atoms with Crippen LogP contribution in [0.15, 0.2) is 39.1 Å². The van der Waals surface area contributed by atoms with E-state index in [1.165, 1.54) is 11.3 Å². The zero-order valence-corrected chi connectivity index (χ0v) is 13.0. The number of nitro groups is 1. The molecule has 0 aliphatic carbocycles. The highest BCUT2D eigenvalue weighted by Crippen LogP contribution is 2.23. The standard InChI is InChI=1S/C10H8BrN3O4S2/c11-8-3-4-19-9(8)6-13-20(17,18)7-1-2-10(12-5-7)14(15)16/h1-5,13H,6H2. The second-order valence-corrected chi connectivity index (χ2v) is 7.25. The highest BCUT2D eigenvalue weighted by Gasteiger charge is 2.18. The van der Waals surface area contributed by atoms with Crippen LogP contribution in [0.5, 0.6) is 0 Å². The zero-order valence-electron chi connectivity index (χ0n) is 9.82. The van der Waals surface area contributed by atoms with Gasteiger partial charge in [0, 0.05) is 22.0 Å². The lowest BCUT2D eigenvalue weighted by Crippen LogP contribution is -2.23. The summed E-state index contributed by atoms with van der Waals surface area (Å²) in [6, 6.07) is 4.02. The van der Waals surface area contributed by atoms with Gasteiger partial charge in [-0.2, -0.15) is 0 Å². The van der Waals surface area contributed by atoms with Gasteiger partial charge in [-0.25, -0.2) is 13.1 Å². The minimum Gasteiger partial charge on any atom is -0.358 e. The van der Waals surface area contributed by atoms with Crippen molar-refractivity contribution < 1.29 is 13.3 Å². The summed E-state index contributed by atoms with van der Waals surface area (Å²) in [6.45, 7) is 0.136. The van der Waals surface area contributed by atoms with Crippen LogP contribution in [-0.4, -0.2) is 18.3 Å². The van der Waals surface area contributed by atoms with Gasteiger partial charge in [-0.3, -0.25) is 0 Å². The molecule has 0 radical (unpaired) electrons. The number of nitrogens with one attached hydrogen (secondary N) is 1. The minimum absolute atomic E-state index is 0.115. The quantitative estimate of drug-likeness (QED) is 0.635. The van der Waals surface area contributed by atoms with Crippen LogP contribution >= 0.6 is 27.3 Å². The van der Waals surface area contributed by atoms with E-state index >= 15 is 0 Å². The van der Waals surface area contributed by atoms with Gasteiger partial charge in [0.2, 0.25) is 10.0 Å². The van der Waals surface area contributed by atoms with E-state index in [0.717, 1.165) is 27.7 Å². The van der Waals surface area contributed by atoms with Gasteiger partial charge in [-0.05, 0) is 43.4 Å². The van der Waals surface area contributed by atoms with Crippen molar-refractivity contribution in [3.63, 3.8) is 0 Å². The molecule has 10 heteroatoms. The maximum absolute atomic E-state index is 12.0. The van der Waals surface area contributed by atoms with Gasteiger partial charge in [0.05, 0.1) is 0 Å². The predicted molar refractivity (Wildman–Crippen MR) is 76.9 cm³/mol. The Morgan fingerprint density at radius 1 is 1.40 bits per heavy atom. The molecule has 0 spiro atoms. The van der Waals surface area contributed by atoms with Gasteiger partial charge >= 0.3 is 5.82 Å². The van der Waals surface area contributed by atoms with Crippen molar-refractivity contribution in [1.29, 1.82) is 0 Å². The maximum atomic E-state index is 12.0. The summed E-state index contributed by atoms with van der Waals surface area (Å²) in [4.78, 5) is 14.0. The summed E-state index contributed by atoms with van der Waals surface area (Å²) in [5, 5.41) is 12.3. The third kappa shape index (κ3) is 3.39. The van der Waals surface area contributed by atoms with Crippen molar-refractivity contribution in [3.8, 4) is 0 Å². The number of nitrogens with zero attached hydrogens (tertiary/aromatic N) is 2. The molecular formula is C10H8BrN3O4S2. The lowest BCUT2D eigenvalue weighted by Gasteiger charge is -2.04. The number of rotatable bonds is 5. The Balaban J connectivity index is 2.14. The highest BCUT2D eigenvalue weighted by molar-refractivity contribution is 9.10. The van der Waals surface area contributed by atoms with Crippen LogP contribution in [0.25, 0.3) is 0 Å². The number of sulfonamides is 1. The largest absolute Gasteiger partial charge is 0.363 e. The number of hydrogen-bond donors (Lipinski definition) is 1. The molecule has 0 aliphatic heterocycles. The summed E-state index contributed by atoms with van der Waals surface area (Å²) in [5.74, 6) is -0.398. The Bertz CT molecular complexity index is 727. The Labute approximate surface area is 127 Å². The lowest BCUT2D eigenvalue weighted by molar-refractivity contribution is -0.389. The normalized spacial score (nSPS) is 11.4. The number of aromatic nitrogens is 1. The molecule has 106 valence electrons. The van der Waals surface area contributed by atoms with Gasteiger partial charge in [0.1, 0.15) is 4.90 Å². The summed E-state index contributed by atoms with van der Waals surface area (Å²) in [5.41, 5.74) is 0. The predicted octanol–water partition coefficient (Wildman–Crippen LogP) is 2.29. The van der Waals surface area contributed by atoms with Crippen molar-refractivity contribution in [2.24, 2.45) is 0 Å². The first-order valence-electron chi connectivity index (χ1n) is 5.22. The summed E-state index contributed by atoms with van der Waals surface area (Å²) >= 11 is 4.72. The Kier molecular flexibility index (Phi) is 4.48. The van der Waals surface area contributed by atoms with E-state index in [0.29, 0.717) is 0 Å². The van der Waals surface area contributed by atoms with Crippen molar-refractivity contribution in [3.05, 3.63) is 49.2 Å². The Hall–Kier alpha value is -1.36. The topological polar surface area (TPSA) is 102 Å². The first-order valence-corrected chi connectivity index (χ1v) is 8.38. The van der Waals surface area contributed by atoms with Gasteiger partial charge in [0.25, 0.3) is 0 Å². The lowest BCUT2D eigenvalue weighted by atomic mass is 10.5. The van der Waals surface area contributed by atoms with Crippen LogP contribution in [0.3, 0.4) is 0 Å². The maximum Gasteiger partial charge on any atom is 0.363 e. The SMILES string of the molecule is O=[N+]([O-])c1ccc(S(=O)(=O)NCc2sccc2Br)cn1. The van der Waals surface area contributed by atoms with E-state index < -0.39 is 20.8 Å². The fourth-order valence-corrected chi connectivity index (χ4v) is 3.80. The summed E-state index contributed by atoms with van der Waals surface area (Å²) in [6.07, 6.45) is 0.962. The molecule has 0 unspecified atom stereocenters. The molecule has 0 amide bonds. The van der Waals surface area contributed by atoms with E-state index in [9.17, 15) is 18.5 Å². The van der Waals surface area contributed by atoms with Crippen LogP contribution in [0, 0.1) is 10.1 Å². The van der Waals surface area contributed by atoms with Gasteiger partial charge in [0.15, 0.2) is 6.20 Å². The molecule has 1 N–H and O–H groups in total. The van der Waals surface area contributed by atoms with E-state index in [1.54, 1.807) is 0 Å². The van der Waals surface area contributed by atoms with E-state index in [2.05, 4.69) is 25.6 Å². The molecule has 2 heterocycles. The number of hydrogen-bond acceptors (Lipinski definition) is 6. The Morgan fingerprint density at radius 3 is 2.65 bits per heavy atom. The molecule has 2 rings (SSSR count). The van der Waals surface area contributed by atoms with Crippen molar-refractivity contribution >= 4 is 43.1 Å². The second kappa shape index (κ2) is 5.95.